The van der Waals surface area contributed by atoms with Gasteiger partial charge in [0.15, 0.2) is 11.6 Å². The van der Waals surface area contributed by atoms with Crippen LogP contribution in [0.4, 0.5) is 22.0 Å². The molecule has 0 bridgehead atoms. The molecule has 0 atom stereocenters. The molecule has 0 fully saturated rings. The number of benzene rings is 1. The molecular formula is C21H17F5N2O4. The third-order valence-corrected chi connectivity index (χ3v) is 4.60. The normalized spacial score (nSPS) is 11.4. The van der Waals surface area contributed by atoms with Gasteiger partial charge in [-0.05, 0) is 30.2 Å². The Morgan fingerprint density at radius 3 is 2.47 bits per heavy atom. The van der Waals surface area contributed by atoms with Gasteiger partial charge >= 0.3 is 12.1 Å². The van der Waals surface area contributed by atoms with Crippen LogP contribution in [-0.2, 0) is 24.0 Å². The fraction of sp³-hybridized carbons (Fsp3) is 0.238. The number of halogens is 5. The zero-order valence-electron chi connectivity index (χ0n) is 16.6. The largest absolute Gasteiger partial charge is 0.484 e. The van der Waals surface area contributed by atoms with Crippen molar-refractivity contribution in [3.63, 3.8) is 0 Å². The molecule has 2 heterocycles. The Morgan fingerprint density at radius 1 is 1.12 bits per heavy atom. The second kappa shape index (κ2) is 9.25. The number of alkyl halides is 3. The van der Waals surface area contributed by atoms with E-state index in [1.165, 1.54) is 30.0 Å². The molecule has 1 N–H and O–H groups in total. The SMILES string of the molecule is COc1ccc(-n2ccc(C(F)(F)F)c2COc2ccc(CCC(=O)O)c(F)c2F)cn1. The molecule has 0 aliphatic heterocycles. The van der Waals surface area contributed by atoms with Crippen molar-refractivity contribution in [2.75, 3.05) is 7.11 Å². The van der Waals surface area contributed by atoms with Crippen LogP contribution < -0.4 is 9.47 Å². The average molecular weight is 456 g/mol. The van der Waals surface area contributed by atoms with Crippen molar-refractivity contribution in [2.24, 2.45) is 0 Å². The molecule has 0 unspecified atom stereocenters. The van der Waals surface area contributed by atoms with Gasteiger partial charge in [-0.15, -0.1) is 0 Å². The number of methoxy groups -OCH3 is 1. The van der Waals surface area contributed by atoms with Crippen molar-refractivity contribution in [3.05, 3.63) is 71.2 Å². The standard InChI is InChI=1S/C21H17F5N2O4/c1-31-17-6-4-13(10-27-17)28-9-8-14(21(24,25)26)15(28)11-32-16-5-2-12(3-7-18(29)30)19(22)20(16)23/h2,4-6,8-10H,3,7,11H2,1H3,(H,29,30). The number of nitrogens with zero attached hydrogens (tertiary/aromatic N) is 2. The zero-order chi connectivity index (χ0) is 23.5. The Labute approximate surface area is 178 Å². The summed E-state index contributed by atoms with van der Waals surface area (Å²) in [6.07, 6.45) is -2.91. The lowest BCUT2D eigenvalue weighted by Crippen LogP contribution is -2.13. The Bertz CT molecular complexity index is 1110. The number of carboxylic acid groups (broad SMARTS) is 1. The van der Waals surface area contributed by atoms with Crippen LogP contribution in [0.15, 0.2) is 42.7 Å². The quantitative estimate of drug-likeness (QED) is 0.494. The number of aryl methyl sites for hydroxylation is 1. The monoisotopic (exact) mass is 456 g/mol. The van der Waals surface area contributed by atoms with Crippen LogP contribution in [0, 0.1) is 11.6 Å². The van der Waals surface area contributed by atoms with E-state index in [0.29, 0.717) is 0 Å². The molecule has 0 amide bonds. The van der Waals surface area contributed by atoms with Crippen LogP contribution in [0.25, 0.3) is 5.69 Å². The third kappa shape index (κ3) is 4.98. The summed E-state index contributed by atoms with van der Waals surface area (Å²) in [6.45, 7) is -0.724. The first-order chi connectivity index (χ1) is 15.1. The Morgan fingerprint density at radius 2 is 1.88 bits per heavy atom. The van der Waals surface area contributed by atoms with Crippen LogP contribution in [0.5, 0.6) is 11.6 Å². The number of carbonyl (C=O) groups is 1. The highest BCUT2D eigenvalue weighted by molar-refractivity contribution is 5.67. The predicted octanol–water partition coefficient (Wildman–Crippen LogP) is 4.77. The molecule has 0 saturated carbocycles. The van der Waals surface area contributed by atoms with E-state index in [1.54, 1.807) is 0 Å². The van der Waals surface area contributed by atoms with Gasteiger partial charge in [-0.25, -0.2) is 9.37 Å². The van der Waals surface area contributed by atoms with Gasteiger partial charge in [-0.3, -0.25) is 4.79 Å². The van der Waals surface area contributed by atoms with Crippen molar-refractivity contribution in [2.45, 2.75) is 25.6 Å². The summed E-state index contributed by atoms with van der Waals surface area (Å²) in [7, 11) is 1.39. The molecule has 0 aliphatic carbocycles. The van der Waals surface area contributed by atoms with Crippen molar-refractivity contribution >= 4 is 5.97 Å². The van der Waals surface area contributed by atoms with Gasteiger partial charge in [0.2, 0.25) is 11.7 Å². The first-order valence-electron chi connectivity index (χ1n) is 9.21. The summed E-state index contributed by atoms with van der Waals surface area (Å²) in [6, 6.07) is 5.96. The topological polar surface area (TPSA) is 73.6 Å². The lowest BCUT2D eigenvalue weighted by molar-refractivity contribution is -0.139. The number of aliphatic carboxylic acids is 1. The number of hydrogen-bond donors (Lipinski definition) is 1. The first-order valence-corrected chi connectivity index (χ1v) is 9.21. The lowest BCUT2D eigenvalue weighted by atomic mass is 10.1. The minimum Gasteiger partial charge on any atom is -0.484 e. The molecular weight excluding hydrogens is 439 g/mol. The van der Waals surface area contributed by atoms with Crippen molar-refractivity contribution in [1.29, 1.82) is 0 Å². The number of ether oxygens (including phenoxy) is 2. The minimum atomic E-state index is -4.71. The lowest BCUT2D eigenvalue weighted by Gasteiger charge is -2.15. The van der Waals surface area contributed by atoms with Crippen LogP contribution in [0.1, 0.15) is 23.2 Å². The number of pyridine rings is 1. The molecule has 32 heavy (non-hydrogen) atoms. The van der Waals surface area contributed by atoms with E-state index in [9.17, 15) is 26.7 Å². The number of hydrogen-bond acceptors (Lipinski definition) is 4. The van der Waals surface area contributed by atoms with E-state index in [-0.39, 0.29) is 29.2 Å². The fourth-order valence-electron chi connectivity index (χ4n) is 3.01. The average Bonchev–Trinajstić information content (AvgIpc) is 3.18. The first kappa shape index (κ1) is 23.0. The van der Waals surface area contributed by atoms with E-state index < -0.39 is 48.1 Å². The van der Waals surface area contributed by atoms with E-state index in [2.05, 4.69) is 4.98 Å². The number of rotatable bonds is 8. The molecule has 3 aromatic rings. The van der Waals surface area contributed by atoms with Crippen molar-refractivity contribution in [3.8, 4) is 17.3 Å². The molecule has 0 radical (unpaired) electrons. The molecule has 6 nitrogen and oxygen atoms in total. The summed E-state index contributed by atoms with van der Waals surface area (Å²) in [5, 5.41) is 8.67. The second-order valence-electron chi connectivity index (χ2n) is 6.64. The smallest absolute Gasteiger partial charge is 0.418 e. The number of carboxylic acids is 1. The maximum absolute atomic E-state index is 14.4. The van der Waals surface area contributed by atoms with Gasteiger partial charge in [-0.2, -0.15) is 17.6 Å². The third-order valence-electron chi connectivity index (χ3n) is 4.60. The fourth-order valence-corrected chi connectivity index (χ4v) is 3.01. The Balaban J connectivity index is 1.90. The molecule has 0 spiro atoms. The number of aromatic nitrogens is 2. The highest BCUT2D eigenvalue weighted by atomic mass is 19.4. The van der Waals surface area contributed by atoms with Gasteiger partial charge in [0.1, 0.15) is 6.61 Å². The van der Waals surface area contributed by atoms with E-state index in [4.69, 9.17) is 14.6 Å². The van der Waals surface area contributed by atoms with Gasteiger partial charge in [0, 0.05) is 18.7 Å². The van der Waals surface area contributed by atoms with E-state index in [1.807, 2.05) is 0 Å². The Hall–Kier alpha value is -3.63. The molecule has 0 saturated heterocycles. The molecule has 1 aromatic carbocycles. The maximum Gasteiger partial charge on any atom is 0.418 e. The molecule has 11 heteroatoms. The van der Waals surface area contributed by atoms with E-state index >= 15 is 0 Å². The maximum atomic E-state index is 14.4. The van der Waals surface area contributed by atoms with Crippen LogP contribution in [0.3, 0.4) is 0 Å². The molecule has 3 rings (SSSR count). The summed E-state index contributed by atoms with van der Waals surface area (Å²) in [5.41, 5.74) is -1.26. The predicted molar refractivity (Wildman–Crippen MR) is 102 cm³/mol. The minimum absolute atomic E-state index is 0.180. The van der Waals surface area contributed by atoms with Gasteiger partial charge in [0.05, 0.1) is 30.3 Å². The van der Waals surface area contributed by atoms with Gasteiger partial charge < -0.3 is 19.1 Å². The Kier molecular flexibility index (Phi) is 6.66. The van der Waals surface area contributed by atoms with Crippen molar-refractivity contribution in [1.82, 2.24) is 9.55 Å². The highest BCUT2D eigenvalue weighted by Gasteiger charge is 2.36. The van der Waals surface area contributed by atoms with Crippen LogP contribution in [0.2, 0.25) is 0 Å². The summed E-state index contributed by atoms with van der Waals surface area (Å²) >= 11 is 0. The molecule has 0 aliphatic rings. The van der Waals surface area contributed by atoms with Crippen molar-refractivity contribution < 1.29 is 41.3 Å². The summed E-state index contributed by atoms with van der Waals surface area (Å²) in [5.74, 6) is -4.25. The van der Waals surface area contributed by atoms with E-state index in [0.717, 1.165) is 24.4 Å². The second-order valence-corrected chi connectivity index (χ2v) is 6.64. The van der Waals surface area contributed by atoms with Crippen LogP contribution >= 0.6 is 0 Å². The van der Waals surface area contributed by atoms with Crippen LogP contribution in [-0.4, -0.2) is 27.7 Å². The zero-order valence-corrected chi connectivity index (χ0v) is 16.6. The molecule has 170 valence electrons. The summed E-state index contributed by atoms with van der Waals surface area (Å²) < 4.78 is 80.3. The van der Waals surface area contributed by atoms with Gasteiger partial charge in [-0.1, -0.05) is 6.07 Å². The molecule has 2 aromatic heterocycles. The van der Waals surface area contributed by atoms with Gasteiger partial charge in [0.25, 0.3) is 0 Å². The highest BCUT2D eigenvalue weighted by Crippen LogP contribution is 2.35. The summed E-state index contributed by atoms with van der Waals surface area (Å²) in [4.78, 5) is 14.6.